The van der Waals surface area contributed by atoms with Crippen molar-refractivity contribution in [2.75, 3.05) is 12.4 Å². The molecule has 0 unspecified atom stereocenters. The zero-order chi connectivity index (χ0) is 22.4. The van der Waals surface area contributed by atoms with Gasteiger partial charge in [0, 0.05) is 25.7 Å². The van der Waals surface area contributed by atoms with E-state index in [-0.39, 0.29) is 17.6 Å². The standard InChI is InChI=1S/C23H23N3O4S/c1-14-9-16(3-6-17(14)13-27)12-25-21(29)19-10-20(31-23(19)24-2)22(30)26-11-15-4-7-18(28)8-5-15/h3-10,13,24,28H,11-12H2,1-2H3,(H,25,29)(H,26,30). The summed E-state index contributed by atoms with van der Waals surface area (Å²) in [4.78, 5) is 36.6. The van der Waals surface area contributed by atoms with E-state index in [0.717, 1.165) is 23.0 Å². The lowest BCUT2D eigenvalue weighted by Gasteiger charge is -2.07. The van der Waals surface area contributed by atoms with Crippen molar-refractivity contribution in [1.82, 2.24) is 10.6 Å². The largest absolute Gasteiger partial charge is 0.508 e. The summed E-state index contributed by atoms with van der Waals surface area (Å²) in [5.41, 5.74) is 3.59. The van der Waals surface area contributed by atoms with Gasteiger partial charge in [0.05, 0.1) is 10.4 Å². The molecule has 7 nitrogen and oxygen atoms in total. The fraction of sp³-hybridized carbons (Fsp3) is 0.174. The van der Waals surface area contributed by atoms with E-state index in [1.165, 1.54) is 11.3 Å². The lowest BCUT2D eigenvalue weighted by molar-refractivity contribution is 0.0950. The minimum absolute atomic E-state index is 0.164. The van der Waals surface area contributed by atoms with E-state index >= 15 is 0 Å². The Kier molecular flexibility index (Phi) is 7.04. The molecule has 160 valence electrons. The molecule has 0 spiro atoms. The van der Waals surface area contributed by atoms with Crippen molar-refractivity contribution in [2.45, 2.75) is 20.0 Å². The van der Waals surface area contributed by atoms with Gasteiger partial charge < -0.3 is 21.1 Å². The van der Waals surface area contributed by atoms with E-state index in [0.29, 0.717) is 34.1 Å². The van der Waals surface area contributed by atoms with E-state index in [2.05, 4.69) is 16.0 Å². The molecule has 0 aliphatic carbocycles. The topological polar surface area (TPSA) is 108 Å². The van der Waals surface area contributed by atoms with Crippen LogP contribution >= 0.6 is 11.3 Å². The van der Waals surface area contributed by atoms with Crippen molar-refractivity contribution in [3.8, 4) is 5.75 Å². The number of nitrogens with one attached hydrogen (secondary N) is 3. The van der Waals surface area contributed by atoms with Crippen LogP contribution in [0.15, 0.2) is 48.5 Å². The number of aryl methyl sites for hydroxylation is 1. The molecule has 2 amide bonds. The number of aldehydes is 1. The molecular formula is C23H23N3O4S. The lowest BCUT2D eigenvalue weighted by Crippen LogP contribution is -2.24. The second-order valence-electron chi connectivity index (χ2n) is 6.94. The molecule has 0 saturated heterocycles. The monoisotopic (exact) mass is 437 g/mol. The molecule has 1 aromatic heterocycles. The number of aromatic hydroxyl groups is 1. The number of carbonyl (C=O) groups excluding carboxylic acids is 3. The third kappa shape index (κ3) is 5.49. The van der Waals surface area contributed by atoms with Crippen LogP contribution in [0, 0.1) is 6.92 Å². The van der Waals surface area contributed by atoms with Gasteiger partial charge in [-0.3, -0.25) is 14.4 Å². The van der Waals surface area contributed by atoms with Crippen LogP contribution in [0.2, 0.25) is 0 Å². The maximum Gasteiger partial charge on any atom is 0.261 e. The van der Waals surface area contributed by atoms with Gasteiger partial charge in [-0.05, 0) is 41.8 Å². The Morgan fingerprint density at radius 2 is 1.61 bits per heavy atom. The highest BCUT2D eigenvalue weighted by molar-refractivity contribution is 7.18. The zero-order valence-electron chi connectivity index (χ0n) is 17.2. The Bertz CT molecular complexity index is 1110. The number of benzene rings is 2. The molecule has 4 N–H and O–H groups in total. The molecule has 0 aliphatic heterocycles. The van der Waals surface area contributed by atoms with Crippen LogP contribution in [0.1, 0.15) is 47.1 Å². The summed E-state index contributed by atoms with van der Waals surface area (Å²) in [5.74, 6) is -0.415. The number of thiophene rings is 1. The Balaban J connectivity index is 1.65. The van der Waals surface area contributed by atoms with Crippen LogP contribution in [0.3, 0.4) is 0 Å². The molecule has 3 rings (SSSR count). The van der Waals surface area contributed by atoms with Crippen LogP contribution in [0.25, 0.3) is 0 Å². The molecule has 1 heterocycles. The highest BCUT2D eigenvalue weighted by atomic mass is 32.1. The van der Waals surface area contributed by atoms with Crippen LogP contribution in [0.5, 0.6) is 5.75 Å². The van der Waals surface area contributed by atoms with Gasteiger partial charge in [0.15, 0.2) is 0 Å². The average Bonchev–Trinajstić information content (AvgIpc) is 3.22. The SMILES string of the molecule is CNc1sc(C(=O)NCc2ccc(O)cc2)cc1C(=O)NCc1ccc(C=O)c(C)c1. The van der Waals surface area contributed by atoms with Crippen LogP contribution in [-0.4, -0.2) is 30.3 Å². The molecule has 3 aromatic rings. The predicted octanol–water partition coefficient (Wildman–Crippen LogP) is 3.48. The molecule has 0 radical (unpaired) electrons. The van der Waals surface area contributed by atoms with Crippen molar-refractivity contribution in [2.24, 2.45) is 0 Å². The van der Waals surface area contributed by atoms with Gasteiger partial charge in [-0.2, -0.15) is 0 Å². The third-order valence-electron chi connectivity index (χ3n) is 4.73. The van der Waals surface area contributed by atoms with E-state index in [1.807, 2.05) is 13.0 Å². The summed E-state index contributed by atoms with van der Waals surface area (Å²) in [6.07, 6.45) is 0.802. The lowest BCUT2D eigenvalue weighted by atomic mass is 10.1. The summed E-state index contributed by atoms with van der Waals surface area (Å²) >= 11 is 1.20. The maximum absolute atomic E-state index is 12.7. The van der Waals surface area contributed by atoms with Crippen LogP contribution in [-0.2, 0) is 13.1 Å². The summed E-state index contributed by atoms with van der Waals surface area (Å²) in [6, 6.07) is 13.5. The first-order chi connectivity index (χ1) is 14.9. The van der Waals surface area contributed by atoms with Crippen molar-refractivity contribution >= 4 is 34.4 Å². The first-order valence-corrected chi connectivity index (χ1v) is 10.4. The first-order valence-electron chi connectivity index (χ1n) is 9.62. The summed E-state index contributed by atoms with van der Waals surface area (Å²) < 4.78 is 0. The van der Waals surface area contributed by atoms with E-state index < -0.39 is 0 Å². The van der Waals surface area contributed by atoms with Crippen molar-refractivity contribution in [3.05, 3.63) is 81.2 Å². The number of phenols is 1. The summed E-state index contributed by atoms with van der Waals surface area (Å²) in [7, 11) is 1.70. The second-order valence-corrected chi connectivity index (χ2v) is 8.00. The minimum atomic E-state index is -0.296. The maximum atomic E-state index is 12.7. The van der Waals surface area contributed by atoms with Gasteiger partial charge >= 0.3 is 0 Å². The molecule has 2 aromatic carbocycles. The van der Waals surface area contributed by atoms with E-state index in [1.54, 1.807) is 49.5 Å². The number of amides is 2. The summed E-state index contributed by atoms with van der Waals surface area (Å²) in [5, 5.41) is 18.6. The number of carbonyl (C=O) groups is 3. The molecule has 31 heavy (non-hydrogen) atoms. The fourth-order valence-corrected chi connectivity index (χ4v) is 3.92. The third-order valence-corrected chi connectivity index (χ3v) is 5.88. The molecule has 8 heteroatoms. The van der Waals surface area contributed by atoms with E-state index in [4.69, 9.17) is 0 Å². The molecule has 0 fully saturated rings. The highest BCUT2D eigenvalue weighted by Crippen LogP contribution is 2.28. The van der Waals surface area contributed by atoms with E-state index in [9.17, 15) is 19.5 Å². The molecule has 0 saturated carbocycles. The fourth-order valence-electron chi connectivity index (χ4n) is 3.00. The predicted molar refractivity (Wildman–Crippen MR) is 121 cm³/mol. The van der Waals surface area contributed by atoms with Gasteiger partial charge in [0.1, 0.15) is 17.0 Å². The molecular weight excluding hydrogens is 414 g/mol. The molecule has 0 atom stereocenters. The number of phenolic OH excluding ortho intramolecular Hbond substituents is 1. The second kappa shape index (κ2) is 9.90. The normalized spacial score (nSPS) is 10.4. The molecule has 0 aliphatic rings. The Labute approximate surface area is 184 Å². The summed E-state index contributed by atoms with van der Waals surface area (Å²) in [6.45, 7) is 2.46. The van der Waals surface area contributed by atoms with Gasteiger partial charge in [0.25, 0.3) is 11.8 Å². The minimum Gasteiger partial charge on any atom is -0.508 e. The van der Waals surface area contributed by atoms with Gasteiger partial charge in [-0.15, -0.1) is 11.3 Å². The van der Waals surface area contributed by atoms with Crippen molar-refractivity contribution in [1.29, 1.82) is 0 Å². The highest BCUT2D eigenvalue weighted by Gasteiger charge is 2.19. The van der Waals surface area contributed by atoms with Crippen molar-refractivity contribution in [3.63, 3.8) is 0 Å². The van der Waals surface area contributed by atoms with Crippen LogP contribution < -0.4 is 16.0 Å². The average molecular weight is 438 g/mol. The number of rotatable bonds is 8. The Morgan fingerprint density at radius 3 is 2.26 bits per heavy atom. The van der Waals surface area contributed by atoms with Crippen LogP contribution in [0.4, 0.5) is 5.00 Å². The van der Waals surface area contributed by atoms with Crippen molar-refractivity contribution < 1.29 is 19.5 Å². The van der Waals surface area contributed by atoms with Gasteiger partial charge in [0.2, 0.25) is 0 Å². The number of anilines is 1. The quantitative estimate of drug-likeness (QED) is 0.404. The number of hydrogen-bond acceptors (Lipinski definition) is 6. The zero-order valence-corrected chi connectivity index (χ0v) is 18.0. The van der Waals surface area contributed by atoms with Gasteiger partial charge in [-0.1, -0.05) is 30.3 Å². The first kappa shape index (κ1) is 22.0. The van der Waals surface area contributed by atoms with Gasteiger partial charge in [-0.25, -0.2) is 0 Å². The smallest absolute Gasteiger partial charge is 0.261 e. The molecule has 0 bridgehead atoms. The number of hydrogen-bond donors (Lipinski definition) is 4. The Morgan fingerprint density at radius 1 is 0.968 bits per heavy atom. The Hall–Kier alpha value is -3.65.